The lowest BCUT2D eigenvalue weighted by Gasteiger charge is -2.34. The number of hydrogen-bond donors (Lipinski definition) is 1. The summed E-state index contributed by atoms with van der Waals surface area (Å²) >= 11 is 18.6. The van der Waals surface area contributed by atoms with Crippen molar-refractivity contribution in [1.82, 2.24) is 10.2 Å². The number of hydrogen-bond acceptors (Lipinski definition) is 4. The van der Waals surface area contributed by atoms with Crippen molar-refractivity contribution in [1.29, 1.82) is 0 Å². The number of sulfonamides is 1. The second-order valence-corrected chi connectivity index (χ2v) is 13.7. The summed E-state index contributed by atoms with van der Waals surface area (Å²) in [4.78, 5) is 29.6. The van der Waals surface area contributed by atoms with Crippen molar-refractivity contribution < 1.29 is 18.0 Å². The molecule has 4 aromatic rings. The maximum Gasteiger partial charge on any atom is 0.264 e. The van der Waals surface area contributed by atoms with Gasteiger partial charge >= 0.3 is 0 Å². The summed E-state index contributed by atoms with van der Waals surface area (Å²) in [7, 11) is -4.21. The Kier molecular flexibility index (Phi) is 11.9. The predicted molar refractivity (Wildman–Crippen MR) is 181 cm³/mol. The van der Waals surface area contributed by atoms with Gasteiger partial charge in [0.25, 0.3) is 10.0 Å². The van der Waals surface area contributed by atoms with Crippen LogP contribution in [-0.4, -0.2) is 44.3 Å². The zero-order valence-electron chi connectivity index (χ0n) is 24.9. The summed E-state index contributed by atoms with van der Waals surface area (Å²) in [5, 5.41) is 3.97. The second-order valence-electron chi connectivity index (χ2n) is 10.6. The van der Waals surface area contributed by atoms with Crippen LogP contribution in [0.1, 0.15) is 30.0 Å². The fourth-order valence-corrected chi connectivity index (χ4v) is 6.59. The maximum atomic E-state index is 14.4. The van der Waals surface area contributed by atoms with Gasteiger partial charge in [-0.25, -0.2) is 8.42 Å². The quantitative estimate of drug-likeness (QED) is 0.160. The Morgan fingerprint density at radius 2 is 1.49 bits per heavy atom. The number of carbonyl (C=O) groups is 2. The van der Waals surface area contributed by atoms with E-state index in [0.29, 0.717) is 33.6 Å². The number of anilines is 1. The summed E-state index contributed by atoms with van der Waals surface area (Å²) in [5.74, 6) is -0.937. The van der Waals surface area contributed by atoms with Crippen LogP contribution in [0.4, 0.5) is 5.69 Å². The third-order valence-corrected chi connectivity index (χ3v) is 9.94. The Bertz CT molecular complexity index is 1720. The molecule has 0 bridgehead atoms. The van der Waals surface area contributed by atoms with Crippen LogP contribution in [0.3, 0.4) is 0 Å². The van der Waals surface area contributed by atoms with Gasteiger partial charge in [0.05, 0.1) is 20.6 Å². The summed E-state index contributed by atoms with van der Waals surface area (Å²) in [5.41, 5.74) is 2.59. The first-order chi connectivity index (χ1) is 21.5. The van der Waals surface area contributed by atoms with E-state index in [-0.39, 0.29) is 29.5 Å². The lowest BCUT2D eigenvalue weighted by Crippen LogP contribution is -2.53. The number of nitrogens with one attached hydrogen (secondary N) is 1. The Hall–Kier alpha value is -3.56. The van der Waals surface area contributed by atoms with E-state index < -0.39 is 28.5 Å². The molecule has 0 fully saturated rings. The van der Waals surface area contributed by atoms with Gasteiger partial charge in [0, 0.05) is 24.5 Å². The molecule has 4 aromatic carbocycles. The molecule has 0 aromatic heterocycles. The number of carbonyl (C=O) groups excluding carboxylic acids is 2. The highest BCUT2D eigenvalue weighted by Gasteiger charge is 2.34. The van der Waals surface area contributed by atoms with Gasteiger partial charge in [-0.2, -0.15) is 0 Å². The van der Waals surface area contributed by atoms with Crippen LogP contribution in [-0.2, 0) is 32.6 Å². The molecule has 0 unspecified atom stereocenters. The van der Waals surface area contributed by atoms with Crippen LogP contribution in [0.15, 0.2) is 102 Å². The van der Waals surface area contributed by atoms with E-state index in [1.165, 1.54) is 17.0 Å². The van der Waals surface area contributed by atoms with Crippen molar-refractivity contribution in [3.63, 3.8) is 0 Å². The van der Waals surface area contributed by atoms with Gasteiger partial charge in [0.1, 0.15) is 12.6 Å². The average Bonchev–Trinajstić information content (AvgIpc) is 3.03. The number of benzene rings is 4. The molecular weight excluding hydrogens is 653 g/mol. The smallest absolute Gasteiger partial charge is 0.264 e. The van der Waals surface area contributed by atoms with Crippen LogP contribution in [0.2, 0.25) is 15.1 Å². The molecule has 1 atom stereocenters. The molecule has 0 saturated heterocycles. The lowest BCUT2D eigenvalue weighted by atomic mass is 10.0. The van der Waals surface area contributed by atoms with Crippen LogP contribution >= 0.6 is 34.8 Å². The first-order valence-corrected chi connectivity index (χ1v) is 17.0. The van der Waals surface area contributed by atoms with Gasteiger partial charge < -0.3 is 10.2 Å². The third-order valence-electron chi connectivity index (χ3n) is 7.16. The van der Waals surface area contributed by atoms with E-state index in [0.717, 1.165) is 15.4 Å². The van der Waals surface area contributed by atoms with E-state index in [1.807, 2.05) is 44.2 Å². The molecule has 0 heterocycles. The van der Waals surface area contributed by atoms with Gasteiger partial charge in [0.15, 0.2) is 0 Å². The Morgan fingerprint density at radius 1 is 0.822 bits per heavy atom. The van der Waals surface area contributed by atoms with Crippen LogP contribution < -0.4 is 9.62 Å². The van der Waals surface area contributed by atoms with Crippen LogP contribution in [0.25, 0.3) is 0 Å². The van der Waals surface area contributed by atoms with Crippen molar-refractivity contribution in [3.8, 4) is 0 Å². The van der Waals surface area contributed by atoms with Crippen molar-refractivity contribution in [2.45, 2.75) is 44.2 Å². The number of rotatable bonds is 13. The molecule has 2 amide bonds. The minimum absolute atomic E-state index is 0.0217. The highest BCUT2D eigenvalue weighted by atomic mass is 35.5. The molecule has 11 heteroatoms. The van der Waals surface area contributed by atoms with Gasteiger partial charge in [-0.05, 0) is 73.0 Å². The molecule has 45 heavy (non-hydrogen) atoms. The monoisotopic (exact) mass is 685 g/mol. The number of halogens is 3. The first-order valence-electron chi connectivity index (χ1n) is 14.4. The maximum absolute atomic E-state index is 14.4. The SMILES string of the molecule is CCCNC(=O)[C@@H](Cc1ccccc1)N(Cc1ccc(Cl)c(Cl)c1)C(=O)CN(c1ccc(Cl)cc1)S(=O)(=O)c1ccc(C)cc1. The molecule has 0 radical (unpaired) electrons. The van der Waals surface area contributed by atoms with Gasteiger partial charge in [-0.1, -0.05) is 95.8 Å². The zero-order chi connectivity index (χ0) is 32.6. The van der Waals surface area contributed by atoms with E-state index >= 15 is 0 Å². The van der Waals surface area contributed by atoms with E-state index in [1.54, 1.807) is 54.6 Å². The number of aryl methyl sites for hydroxylation is 1. The summed E-state index contributed by atoms with van der Waals surface area (Å²) < 4.78 is 29.2. The Labute approximate surface area is 279 Å². The van der Waals surface area contributed by atoms with E-state index in [9.17, 15) is 18.0 Å². The fraction of sp³-hybridized carbons (Fsp3) is 0.235. The van der Waals surface area contributed by atoms with Crippen molar-refractivity contribution in [3.05, 3.63) is 129 Å². The third kappa shape index (κ3) is 9.01. The highest BCUT2D eigenvalue weighted by molar-refractivity contribution is 7.92. The summed E-state index contributed by atoms with van der Waals surface area (Å²) in [6.45, 7) is 3.61. The van der Waals surface area contributed by atoms with Gasteiger partial charge in [-0.15, -0.1) is 0 Å². The van der Waals surface area contributed by atoms with Crippen molar-refractivity contribution in [2.24, 2.45) is 0 Å². The molecule has 0 aliphatic rings. The number of nitrogens with zero attached hydrogens (tertiary/aromatic N) is 2. The Morgan fingerprint density at radius 3 is 2.11 bits per heavy atom. The molecular formula is C34H34Cl3N3O4S. The second kappa shape index (κ2) is 15.6. The minimum Gasteiger partial charge on any atom is -0.354 e. The van der Waals surface area contributed by atoms with E-state index in [4.69, 9.17) is 34.8 Å². The summed E-state index contributed by atoms with van der Waals surface area (Å²) in [6, 6.07) is 25.9. The molecule has 0 spiro atoms. The van der Waals surface area contributed by atoms with Crippen LogP contribution in [0, 0.1) is 6.92 Å². The molecule has 0 saturated carbocycles. The molecule has 4 rings (SSSR count). The molecule has 0 aliphatic carbocycles. The minimum atomic E-state index is -4.21. The van der Waals surface area contributed by atoms with E-state index in [2.05, 4.69) is 5.32 Å². The first kappa shape index (κ1) is 34.3. The van der Waals surface area contributed by atoms with Crippen molar-refractivity contribution >= 4 is 62.3 Å². The number of amides is 2. The largest absolute Gasteiger partial charge is 0.354 e. The average molecular weight is 687 g/mol. The topological polar surface area (TPSA) is 86.8 Å². The van der Waals surface area contributed by atoms with Crippen molar-refractivity contribution in [2.75, 3.05) is 17.4 Å². The molecule has 0 aliphatic heterocycles. The standard InChI is InChI=1S/C34H34Cl3N3O4S/c1-3-19-38-34(42)32(21-25-7-5-4-6-8-25)39(22-26-11-18-30(36)31(37)20-26)33(41)23-40(28-14-12-27(35)13-15-28)45(43,44)29-16-9-24(2)10-17-29/h4-18,20,32H,3,19,21-23H2,1-2H3,(H,38,42)/t32-/m1/s1. The predicted octanol–water partition coefficient (Wildman–Crippen LogP) is 7.32. The fourth-order valence-electron chi connectivity index (χ4n) is 4.73. The lowest BCUT2D eigenvalue weighted by molar-refractivity contribution is -0.140. The zero-order valence-corrected chi connectivity index (χ0v) is 28.0. The summed E-state index contributed by atoms with van der Waals surface area (Å²) in [6.07, 6.45) is 0.902. The molecule has 236 valence electrons. The van der Waals surface area contributed by atoms with Crippen LogP contribution in [0.5, 0.6) is 0 Å². The molecule has 7 nitrogen and oxygen atoms in total. The van der Waals surface area contributed by atoms with Gasteiger partial charge in [-0.3, -0.25) is 13.9 Å². The highest BCUT2D eigenvalue weighted by Crippen LogP contribution is 2.28. The normalized spacial score (nSPS) is 11.9. The Balaban J connectivity index is 1.80. The molecule has 1 N–H and O–H groups in total. The van der Waals surface area contributed by atoms with Gasteiger partial charge in [0.2, 0.25) is 11.8 Å².